The summed E-state index contributed by atoms with van der Waals surface area (Å²) >= 11 is 0. The van der Waals surface area contributed by atoms with Gasteiger partial charge >= 0.3 is 6.03 Å². The van der Waals surface area contributed by atoms with Crippen LogP contribution >= 0.6 is 0 Å². The lowest BCUT2D eigenvalue weighted by Gasteiger charge is -2.26. The lowest BCUT2D eigenvalue weighted by atomic mass is 10.0. The van der Waals surface area contributed by atoms with E-state index in [-0.39, 0.29) is 18.2 Å². The summed E-state index contributed by atoms with van der Waals surface area (Å²) in [5.74, 6) is 1.40. The molecule has 132 valence electrons. The largest absolute Gasteiger partial charge is 0.493 e. The molecule has 3 rings (SSSR count). The molecule has 6 heteroatoms. The van der Waals surface area contributed by atoms with Crippen LogP contribution in [0.25, 0.3) is 0 Å². The third-order valence-electron chi connectivity index (χ3n) is 4.81. The van der Waals surface area contributed by atoms with Crippen LogP contribution in [0, 0.1) is 0 Å². The number of likely N-dealkylation sites (tertiary alicyclic amines) is 1. The minimum atomic E-state index is -0.0113. The van der Waals surface area contributed by atoms with Crippen molar-refractivity contribution in [1.82, 2.24) is 10.2 Å². The number of carbonyl (C=O) groups excluding carboxylic acids is 1. The van der Waals surface area contributed by atoms with Crippen LogP contribution in [0.3, 0.4) is 0 Å². The number of carbonyl (C=O) groups is 1. The first-order chi connectivity index (χ1) is 11.7. The first kappa shape index (κ1) is 16.9. The lowest BCUT2D eigenvalue weighted by Crippen LogP contribution is -2.42. The zero-order valence-corrected chi connectivity index (χ0v) is 14.4. The molecule has 2 atom stereocenters. The van der Waals surface area contributed by atoms with Gasteiger partial charge in [0.25, 0.3) is 0 Å². The van der Waals surface area contributed by atoms with Gasteiger partial charge in [0.2, 0.25) is 0 Å². The minimum absolute atomic E-state index is 0.0113. The van der Waals surface area contributed by atoms with E-state index >= 15 is 0 Å². The van der Waals surface area contributed by atoms with Crippen molar-refractivity contribution in [2.75, 3.05) is 33.9 Å². The molecule has 0 aliphatic carbocycles. The molecule has 0 spiro atoms. The van der Waals surface area contributed by atoms with E-state index in [0.29, 0.717) is 18.0 Å². The maximum atomic E-state index is 12.6. The van der Waals surface area contributed by atoms with Gasteiger partial charge in [-0.2, -0.15) is 0 Å². The van der Waals surface area contributed by atoms with Crippen molar-refractivity contribution >= 4 is 6.03 Å². The Labute approximate surface area is 143 Å². The van der Waals surface area contributed by atoms with Crippen molar-refractivity contribution in [2.24, 2.45) is 0 Å². The van der Waals surface area contributed by atoms with E-state index in [9.17, 15) is 4.79 Å². The van der Waals surface area contributed by atoms with Gasteiger partial charge in [0, 0.05) is 19.7 Å². The van der Waals surface area contributed by atoms with Gasteiger partial charge in [-0.3, -0.25) is 0 Å². The number of hydrogen-bond donors (Lipinski definition) is 1. The fraction of sp³-hybridized carbons (Fsp3) is 0.611. The topological polar surface area (TPSA) is 60.0 Å². The van der Waals surface area contributed by atoms with E-state index < -0.39 is 0 Å². The maximum Gasteiger partial charge on any atom is 0.318 e. The SMILES string of the molecule is COc1ccc([C@H]2CCCN2C(=O)NC[C@@H]2CCCO2)cc1OC. The van der Waals surface area contributed by atoms with Crippen molar-refractivity contribution < 1.29 is 19.0 Å². The second-order valence-electron chi connectivity index (χ2n) is 6.29. The molecule has 2 aliphatic heterocycles. The fourth-order valence-corrected chi connectivity index (χ4v) is 3.52. The van der Waals surface area contributed by atoms with Crippen molar-refractivity contribution in [3.63, 3.8) is 0 Å². The van der Waals surface area contributed by atoms with E-state index in [1.165, 1.54) is 0 Å². The van der Waals surface area contributed by atoms with Crippen molar-refractivity contribution in [2.45, 2.75) is 37.8 Å². The zero-order chi connectivity index (χ0) is 16.9. The number of methoxy groups -OCH3 is 2. The molecule has 2 amide bonds. The van der Waals surface area contributed by atoms with Crippen LogP contribution in [0.15, 0.2) is 18.2 Å². The maximum absolute atomic E-state index is 12.6. The molecule has 0 bridgehead atoms. The standard InChI is InChI=1S/C18H26N2O4/c1-22-16-8-7-13(11-17(16)23-2)15-6-3-9-20(15)18(21)19-12-14-5-4-10-24-14/h7-8,11,14-15H,3-6,9-10,12H2,1-2H3,(H,19,21)/t14-,15+/m0/s1. The highest BCUT2D eigenvalue weighted by Crippen LogP contribution is 2.36. The summed E-state index contributed by atoms with van der Waals surface area (Å²) in [4.78, 5) is 14.5. The molecule has 6 nitrogen and oxygen atoms in total. The monoisotopic (exact) mass is 334 g/mol. The lowest BCUT2D eigenvalue weighted by molar-refractivity contribution is 0.108. The van der Waals surface area contributed by atoms with Crippen LogP contribution in [-0.2, 0) is 4.74 Å². The first-order valence-corrected chi connectivity index (χ1v) is 8.61. The highest BCUT2D eigenvalue weighted by atomic mass is 16.5. The summed E-state index contributed by atoms with van der Waals surface area (Å²) in [7, 11) is 3.25. The van der Waals surface area contributed by atoms with Gasteiger partial charge in [-0.05, 0) is 43.4 Å². The van der Waals surface area contributed by atoms with E-state index in [1.54, 1.807) is 14.2 Å². The van der Waals surface area contributed by atoms with Crippen LogP contribution in [0.2, 0.25) is 0 Å². The quantitative estimate of drug-likeness (QED) is 0.899. The van der Waals surface area contributed by atoms with E-state index in [2.05, 4.69) is 5.32 Å². The van der Waals surface area contributed by atoms with Gasteiger partial charge in [-0.15, -0.1) is 0 Å². The molecule has 2 fully saturated rings. The number of nitrogens with zero attached hydrogens (tertiary/aromatic N) is 1. The summed E-state index contributed by atoms with van der Waals surface area (Å²) < 4.78 is 16.2. The van der Waals surface area contributed by atoms with Crippen molar-refractivity contribution in [3.05, 3.63) is 23.8 Å². The molecule has 0 aromatic heterocycles. The first-order valence-electron chi connectivity index (χ1n) is 8.61. The smallest absolute Gasteiger partial charge is 0.318 e. The molecule has 1 aromatic carbocycles. The molecule has 0 unspecified atom stereocenters. The molecule has 0 radical (unpaired) electrons. The Bertz CT molecular complexity index is 572. The van der Waals surface area contributed by atoms with Crippen molar-refractivity contribution in [3.8, 4) is 11.5 Å². The predicted molar refractivity (Wildman–Crippen MR) is 90.6 cm³/mol. The summed E-state index contributed by atoms with van der Waals surface area (Å²) in [5, 5.41) is 3.02. The molecule has 2 aliphatic rings. The summed E-state index contributed by atoms with van der Waals surface area (Å²) in [6.45, 7) is 2.17. The Morgan fingerprint density at radius 1 is 1.25 bits per heavy atom. The Balaban J connectivity index is 1.67. The Kier molecular flexibility index (Phi) is 5.45. The average molecular weight is 334 g/mol. The van der Waals surface area contributed by atoms with Gasteiger partial charge in [0.15, 0.2) is 11.5 Å². The zero-order valence-electron chi connectivity index (χ0n) is 14.4. The third kappa shape index (κ3) is 3.59. The normalized spacial score (nSPS) is 23.3. The van der Waals surface area contributed by atoms with Gasteiger partial charge in [-0.1, -0.05) is 6.07 Å². The van der Waals surface area contributed by atoms with Crippen LogP contribution in [0.5, 0.6) is 11.5 Å². The van der Waals surface area contributed by atoms with Crippen molar-refractivity contribution in [1.29, 1.82) is 0 Å². The number of rotatable bonds is 5. The Morgan fingerprint density at radius 2 is 2.08 bits per heavy atom. The number of hydrogen-bond acceptors (Lipinski definition) is 4. The molecule has 24 heavy (non-hydrogen) atoms. The molecule has 2 heterocycles. The summed E-state index contributed by atoms with van der Waals surface area (Å²) in [6.07, 6.45) is 4.24. The van der Waals surface area contributed by atoms with E-state index in [1.807, 2.05) is 23.1 Å². The summed E-state index contributed by atoms with van der Waals surface area (Å²) in [6, 6.07) is 5.94. The van der Waals surface area contributed by atoms with Gasteiger partial charge < -0.3 is 24.4 Å². The summed E-state index contributed by atoms with van der Waals surface area (Å²) in [5.41, 5.74) is 1.08. The Morgan fingerprint density at radius 3 is 2.79 bits per heavy atom. The number of amides is 2. The second-order valence-corrected chi connectivity index (χ2v) is 6.29. The van der Waals surface area contributed by atoms with E-state index in [0.717, 1.165) is 44.4 Å². The van der Waals surface area contributed by atoms with Crippen LogP contribution < -0.4 is 14.8 Å². The molecular weight excluding hydrogens is 308 g/mol. The number of urea groups is 1. The average Bonchev–Trinajstić information content (AvgIpc) is 3.30. The number of nitrogens with one attached hydrogen (secondary N) is 1. The second kappa shape index (κ2) is 7.75. The van der Waals surface area contributed by atoms with Crippen LogP contribution in [0.1, 0.15) is 37.3 Å². The fourth-order valence-electron chi connectivity index (χ4n) is 3.52. The highest BCUT2D eigenvalue weighted by Gasteiger charge is 2.31. The molecule has 1 aromatic rings. The number of benzene rings is 1. The van der Waals surface area contributed by atoms with Crippen LogP contribution in [0.4, 0.5) is 4.79 Å². The third-order valence-corrected chi connectivity index (χ3v) is 4.81. The highest BCUT2D eigenvalue weighted by molar-refractivity contribution is 5.75. The predicted octanol–water partition coefficient (Wildman–Crippen LogP) is 2.73. The van der Waals surface area contributed by atoms with Gasteiger partial charge in [0.05, 0.1) is 26.4 Å². The molecule has 2 saturated heterocycles. The number of ether oxygens (including phenoxy) is 3. The minimum Gasteiger partial charge on any atom is -0.493 e. The van der Waals surface area contributed by atoms with Gasteiger partial charge in [-0.25, -0.2) is 4.79 Å². The molecular formula is C18H26N2O4. The molecule has 1 N–H and O–H groups in total. The molecule has 0 saturated carbocycles. The van der Waals surface area contributed by atoms with Gasteiger partial charge in [0.1, 0.15) is 0 Å². The van der Waals surface area contributed by atoms with E-state index in [4.69, 9.17) is 14.2 Å². The Hall–Kier alpha value is -1.95. The van der Waals surface area contributed by atoms with Crippen LogP contribution in [-0.4, -0.2) is 51.0 Å².